The van der Waals surface area contributed by atoms with E-state index in [0.717, 1.165) is 15.6 Å². The van der Waals surface area contributed by atoms with Crippen molar-refractivity contribution in [3.63, 3.8) is 0 Å². The number of nitrogens with one attached hydrogen (secondary N) is 2. The van der Waals surface area contributed by atoms with Crippen LogP contribution in [0.2, 0.25) is 5.02 Å². The summed E-state index contributed by atoms with van der Waals surface area (Å²) in [6.45, 7) is 2.77. The van der Waals surface area contributed by atoms with Crippen LogP contribution in [0.25, 0.3) is 0 Å². The van der Waals surface area contributed by atoms with Crippen molar-refractivity contribution in [2.75, 3.05) is 11.9 Å². The molecule has 2 N–H and O–H groups in total. The van der Waals surface area contributed by atoms with Gasteiger partial charge in [0.1, 0.15) is 6.61 Å². The molecule has 0 spiro atoms. The first-order valence-corrected chi connectivity index (χ1v) is 12.1. The number of nitrogens with zero attached hydrogens (tertiary/aromatic N) is 1. The molecule has 0 aliphatic carbocycles. The van der Waals surface area contributed by atoms with E-state index in [1.807, 2.05) is 37.3 Å². The number of amides is 2. The summed E-state index contributed by atoms with van der Waals surface area (Å²) in [4.78, 5) is 24.0. The van der Waals surface area contributed by atoms with E-state index >= 15 is 0 Å². The molecule has 9 heteroatoms. The van der Waals surface area contributed by atoms with Crippen LogP contribution in [-0.2, 0) is 16.2 Å². The second-order valence-electron chi connectivity index (χ2n) is 7.41. The molecule has 7 nitrogen and oxygen atoms in total. The Kier molecular flexibility index (Phi) is 10.1. The van der Waals surface area contributed by atoms with Crippen LogP contribution in [0.1, 0.15) is 30.9 Å². The fourth-order valence-corrected chi connectivity index (χ4v) is 3.44. The number of benzene rings is 3. The Bertz CT molecular complexity index is 1190. The summed E-state index contributed by atoms with van der Waals surface area (Å²) in [6, 6.07) is 20.1. The van der Waals surface area contributed by atoms with Crippen LogP contribution in [0.5, 0.6) is 11.5 Å². The molecule has 0 fully saturated rings. The number of anilines is 1. The minimum Gasteiger partial charge on any atom is -0.490 e. The van der Waals surface area contributed by atoms with E-state index in [0.29, 0.717) is 35.4 Å². The van der Waals surface area contributed by atoms with Gasteiger partial charge in [-0.3, -0.25) is 9.59 Å². The van der Waals surface area contributed by atoms with Crippen molar-refractivity contribution in [3.8, 4) is 11.5 Å². The smallest absolute Gasteiger partial charge is 0.240 e. The molecule has 3 rings (SSSR count). The van der Waals surface area contributed by atoms with Crippen LogP contribution < -0.4 is 20.2 Å². The number of hydrazone groups is 1. The Morgan fingerprint density at radius 2 is 1.74 bits per heavy atom. The van der Waals surface area contributed by atoms with Gasteiger partial charge in [-0.1, -0.05) is 45.7 Å². The normalized spacial score (nSPS) is 10.7. The molecule has 0 radical (unpaired) electrons. The number of hydrogen-bond acceptors (Lipinski definition) is 5. The SMILES string of the molecule is CCOc1cc(C=NNC(=O)CCC(=O)Nc2cccc(Cl)c2)ccc1OCc1ccc(Br)cc1. The van der Waals surface area contributed by atoms with Crippen LogP contribution in [0.15, 0.2) is 76.3 Å². The van der Waals surface area contributed by atoms with E-state index in [1.165, 1.54) is 6.21 Å². The fraction of sp³-hybridized carbons (Fsp3) is 0.192. The van der Waals surface area contributed by atoms with E-state index in [4.69, 9.17) is 21.1 Å². The second-order valence-corrected chi connectivity index (χ2v) is 8.76. The van der Waals surface area contributed by atoms with Gasteiger partial charge in [-0.25, -0.2) is 5.43 Å². The molecule has 35 heavy (non-hydrogen) atoms. The highest BCUT2D eigenvalue weighted by atomic mass is 79.9. The van der Waals surface area contributed by atoms with Crippen LogP contribution in [0.4, 0.5) is 5.69 Å². The molecular formula is C26H25BrClN3O4. The predicted octanol–water partition coefficient (Wildman–Crippen LogP) is 5.95. The van der Waals surface area contributed by atoms with Gasteiger partial charge >= 0.3 is 0 Å². The standard InChI is InChI=1S/C26H25BrClN3O4/c1-2-34-24-14-19(8-11-23(24)35-17-18-6-9-20(27)10-7-18)16-29-31-26(33)13-12-25(32)30-22-5-3-4-21(28)15-22/h3-11,14-16H,2,12-13,17H2,1H3,(H,30,32)(H,31,33). The minimum atomic E-state index is -0.373. The molecule has 0 saturated carbocycles. The highest BCUT2D eigenvalue weighted by Gasteiger charge is 2.09. The van der Waals surface area contributed by atoms with Crippen LogP contribution in [0.3, 0.4) is 0 Å². The number of carbonyl (C=O) groups is 2. The lowest BCUT2D eigenvalue weighted by atomic mass is 10.2. The summed E-state index contributed by atoms with van der Waals surface area (Å²) in [7, 11) is 0. The molecule has 3 aromatic rings. The average molecular weight is 559 g/mol. The van der Waals surface area contributed by atoms with E-state index in [1.54, 1.807) is 36.4 Å². The molecule has 0 aliphatic heterocycles. The minimum absolute atomic E-state index is 0.00320. The summed E-state index contributed by atoms with van der Waals surface area (Å²) in [6.07, 6.45) is 1.52. The number of hydrogen-bond donors (Lipinski definition) is 2. The lowest BCUT2D eigenvalue weighted by molar-refractivity contribution is -0.124. The highest BCUT2D eigenvalue weighted by Crippen LogP contribution is 2.29. The van der Waals surface area contributed by atoms with Gasteiger partial charge in [-0.15, -0.1) is 0 Å². The molecule has 2 amide bonds. The average Bonchev–Trinajstić information content (AvgIpc) is 2.83. The van der Waals surface area contributed by atoms with Crippen molar-refractivity contribution in [1.82, 2.24) is 5.43 Å². The topological polar surface area (TPSA) is 89.0 Å². The number of carbonyl (C=O) groups excluding carboxylic acids is 2. The third-order valence-electron chi connectivity index (χ3n) is 4.67. The van der Waals surface area contributed by atoms with Crippen LogP contribution in [0, 0.1) is 0 Å². The molecule has 0 unspecified atom stereocenters. The van der Waals surface area contributed by atoms with E-state index in [2.05, 4.69) is 31.8 Å². The monoisotopic (exact) mass is 557 g/mol. The second kappa shape index (κ2) is 13.5. The molecule has 182 valence electrons. The Labute approximate surface area is 217 Å². The molecule has 0 bridgehead atoms. The van der Waals surface area contributed by atoms with Crippen molar-refractivity contribution in [3.05, 3.63) is 87.4 Å². The fourth-order valence-electron chi connectivity index (χ4n) is 2.99. The van der Waals surface area contributed by atoms with Gasteiger partial charge in [0.05, 0.1) is 12.8 Å². The zero-order valence-electron chi connectivity index (χ0n) is 19.1. The van der Waals surface area contributed by atoms with Gasteiger partial charge in [0.15, 0.2) is 11.5 Å². The molecule has 0 aliphatic rings. The lowest BCUT2D eigenvalue weighted by Gasteiger charge is -2.12. The Morgan fingerprint density at radius 1 is 0.971 bits per heavy atom. The van der Waals surface area contributed by atoms with Gasteiger partial charge in [0.25, 0.3) is 0 Å². The van der Waals surface area contributed by atoms with Crippen LogP contribution in [-0.4, -0.2) is 24.6 Å². The molecule has 3 aromatic carbocycles. The Morgan fingerprint density at radius 3 is 2.49 bits per heavy atom. The van der Waals surface area contributed by atoms with Crippen molar-refractivity contribution in [2.24, 2.45) is 5.10 Å². The molecule has 0 atom stereocenters. The molecule has 0 saturated heterocycles. The van der Waals surface area contributed by atoms with E-state index in [-0.39, 0.29) is 24.7 Å². The number of halogens is 2. The summed E-state index contributed by atoms with van der Waals surface area (Å²) in [5.41, 5.74) is 4.77. The Hall–Kier alpha value is -3.36. The third kappa shape index (κ3) is 9.07. The van der Waals surface area contributed by atoms with Crippen molar-refractivity contribution < 1.29 is 19.1 Å². The first-order chi connectivity index (χ1) is 16.9. The largest absolute Gasteiger partial charge is 0.490 e. The van der Waals surface area contributed by atoms with Gasteiger partial charge in [-0.2, -0.15) is 5.10 Å². The summed E-state index contributed by atoms with van der Waals surface area (Å²) < 4.78 is 12.6. The molecule has 0 heterocycles. The maximum Gasteiger partial charge on any atom is 0.240 e. The third-order valence-corrected chi connectivity index (χ3v) is 5.43. The zero-order chi connectivity index (χ0) is 25.0. The first kappa shape index (κ1) is 26.2. The quantitative estimate of drug-likeness (QED) is 0.225. The van der Waals surface area contributed by atoms with Crippen molar-refractivity contribution in [1.29, 1.82) is 0 Å². The predicted molar refractivity (Wildman–Crippen MR) is 141 cm³/mol. The number of rotatable bonds is 11. The first-order valence-electron chi connectivity index (χ1n) is 10.9. The summed E-state index contributed by atoms with van der Waals surface area (Å²) in [5, 5.41) is 7.19. The van der Waals surface area contributed by atoms with Crippen LogP contribution >= 0.6 is 27.5 Å². The Balaban J connectivity index is 1.49. The summed E-state index contributed by atoms with van der Waals surface area (Å²) in [5.74, 6) is 0.535. The van der Waals surface area contributed by atoms with E-state index in [9.17, 15) is 9.59 Å². The zero-order valence-corrected chi connectivity index (χ0v) is 21.4. The van der Waals surface area contributed by atoms with Crippen molar-refractivity contribution in [2.45, 2.75) is 26.4 Å². The molecule has 0 aromatic heterocycles. The molecular weight excluding hydrogens is 534 g/mol. The van der Waals surface area contributed by atoms with Gasteiger partial charge in [0, 0.05) is 28.0 Å². The lowest BCUT2D eigenvalue weighted by Crippen LogP contribution is -2.20. The number of ether oxygens (including phenoxy) is 2. The summed E-state index contributed by atoms with van der Waals surface area (Å²) >= 11 is 9.32. The highest BCUT2D eigenvalue weighted by molar-refractivity contribution is 9.10. The van der Waals surface area contributed by atoms with Gasteiger partial charge in [-0.05, 0) is 66.6 Å². The maximum atomic E-state index is 12.0. The van der Waals surface area contributed by atoms with Crippen molar-refractivity contribution >= 4 is 51.2 Å². The van der Waals surface area contributed by atoms with Gasteiger partial charge < -0.3 is 14.8 Å². The van der Waals surface area contributed by atoms with E-state index < -0.39 is 0 Å². The maximum absolute atomic E-state index is 12.0. The van der Waals surface area contributed by atoms with Gasteiger partial charge in [0.2, 0.25) is 11.8 Å².